The molecular weight excluding hydrogens is 288 g/mol. The van der Waals surface area contributed by atoms with Crippen LogP contribution in [-0.4, -0.2) is 12.1 Å². The molecule has 0 aliphatic heterocycles. The van der Waals surface area contributed by atoms with Crippen molar-refractivity contribution in [1.29, 1.82) is 5.26 Å². The maximum atomic E-state index is 14.0. The van der Waals surface area contributed by atoms with Crippen LogP contribution in [0, 0.1) is 23.0 Å². The third-order valence-corrected chi connectivity index (χ3v) is 2.96. The lowest BCUT2D eigenvalue weighted by Gasteiger charge is -2.10. The predicted molar refractivity (Wildman–Crippen MR) is 70.3 cm³/mol. The Labute approximate surface area is 118 Å². The Morgan fingerprint density at radius 2 is 2.05 bits per heavy atom. The first-order chi connectivity index (χ1) is 9.49. The molecule has 0 unspecified atom stereocenters. The van der Waals surface area contributed by atoms with Crippen LogP contribution in [0.2, 0.25) is 5.15 Å². The minimum Gasteiger partial charge on any atom is -0.495 e. The molecule has 20 heavy (non-hydrogen) atoms. The summed E-state index contributed by atoms with van der Waals surface area (Å²) in [6.07, 6.45) is 1.12. The molecule has 2 rings (SSSR count). The second kappa shape index (κ2) is 5.31. The van der Waals surface area contributed by atoms with Gasteiger partial charge in [-0.2, -0.15) is 5.26 Å². The first kappa shape index (κ1) is 14.0. The summed E-state index contributed by atoms with van der Waals surface area (Å²) in [6, 6.07) is 3.95. The molecule has 102 valence electrons. The average molecular weight is 296 g/mol. The number of ether oxygens (including phenoxy) is 1. The van der Waals surface area contributed by atoms with E-state index in [1.807, 2.05) is 0 Å². The smallest absolute Gasteiger partial charge is 0.178 e. The number of benzene rings is 1. The lowest BCUT2D eigenvalue weighted by atomic mass is 10.0. The molecule has 1 heterocycles. The van der Waals surface area contributed by atoms with Crippen molar-refractivity contribution >= 4 is 17.3 Å². The molecular formula is C13H8ClF2N3O. The largest absolute Gasteiger partial charge is 0.495 e. The molecule has 7 heteroatoms. The van der Waals surface area contributed by atoms with Crippen molar-refractivity contribution in [2.45, 2.75) is 0 Å². The summed E-state index contributed by atoms with van der Waals surface area (Å²) in [7, 11) is 1.36. The molecule has 0 bridgehead atoms. The molecule has 1 aromatic heterocycles. The highest BCUT2D eigenvalue weighted by Crippen LogP contribution is 2.34. The number of pyridine rings is 1. The first-order valence-electron chi connectivity index (χ1n) is 5.37. The predicted octanol–water partition coefficient (Wildman–Crippen LogP) is 3.14. The van der Waals surface area contributed by atoms with Gasteiger partial charge in [-0.05, 0) is 6.07 Å². The van der Waals surface area contributed by atoms with E-state index in [1.54, 1.807) is 6.07 Å². The van der Waals surface area contributed by atoms with Crippen molar-refractivity contribution in [2.24, 2.45) is 0 Å². The number of hydrogen-bond acceptors (Lipinski definition) is 4. The first-order valence-corrected chi connectivity index (χ1v) is 5.74. The second-order valence-electron chi connectivity index (χ2n) is 3.84. The Hall–Kier alpha value is -2.39. The molecule has 0 fully saturated rings. The number of methoxy groups -OCH3 is 1. The molecule has 0 saturated carbocycles. The van der Waals surface area contributed by atoms with E-state index >= 15 is 0 Å². The van der Waals surface area contributed by atoms with Crippen LogP contribution in [0.5, 0.6) is 5.75 Å². The topological polar surface area (TPSA) is 71.9 Å². The van der Waals surface area contributed by atoms with Gasteiger partial charge >= 0.3 is 0 Å². The summed E-state index contributed by atoms with van der Waals surface area (Å²) in [5.74, 6) is -1.51. The number of nitrogen functional groups attached to an aromatic ring is 1. The fourth-order valence-electron chi connectivity index (χ4n) is 1.73. The molecule has 0 aliphatic rings. The van der Waals surface area contributed by atoms with Crippen LogP contribution in [0.15, 0.2) is 18.3 Å². The van der Waals surface area contributed by atoms with E-state index in [4.69, 9.17) is 27.3 Å². The minimum absolute atomic E-state index is 0.0230. The number of nitrogens with two attached hydrogens (primary N) is 1. The van der Waals surface area contributed by atoms with Gasteiger partial charge in [0.25, 0.3) is 0 Å². The minimum atomic E-state index is -0.998. The van der Waals surface area contributed by atoms with Crippen LogP contribution in [0.3, 0.4) is 0 Å². The number of anilines is 1. The molecule has 2 aromatic rings. The monoisotopic (exact) mass is 295 g/mol. The fraction of sp³-hybridized carbons (Fsp3) is 0.0769. The van der Waals surface area contributed by atoms with Crippen molar-refractivity contribution in [3.63, 3.8) is 0 Å². The Balaban J connectivity index is 2.76. The summed E-state index contributed by atoms with van der Waals surface area (Å²) in [5, 5.41) is 8.55. The van der Waals surface area contributed by atoms with Crippen molar-refractivity contribution in [3.8, 4) is 22.9 Å². The molecule has 0 saturated heterocycles. The summed E-state index contributed by atoms with van der Waals surface area (Å²) in [5.41, 5.74) is 5.19. The molecule has 1 aromatic carbocycles. The highest BCUT2D eigenvalue weighted by Gasteiger charge is 2.19. The van der Waals surface area contributed by atoms with Gasteiger partial charge < -0.3 is 10.5 Å². The number of aromatic nitrogens is 1. The number of hydrogen-bond donors (Lipinski definition) is 1. The Morgan fingerprint density at radius 1 is 1.35 bits per heavy atom. The van der Waals surface area contributed by atoms with Gasteiger partial charge in [-0.1, -0.05) is 11.6 Å². The third-order valence-electron chi connectivity index (χ3n) is 2.70. The maximum absolute atomic E-state index is 14.0. The molecule has 2 N–H and O–H groups in total. The van der Waals surface area contributed by atoms with Crippen LogP contribution in [0.25, 0.3) is 11.1 Å². The molecule has 0 aliphatic carbocycles. The van der Waals surface area contributed by atoms with Gasteiger partial charge in [-0.3, -0.25) is 0 Å². The van der Waals surface area contributed by atoms with Crippen LogP contribution in [0.4, 0.5) is 14.5 Å². The van der Waals surface area contributed by atoms with Gasteiger partial charge in [0.1, 0.15) is 23.2 Å². The average Bonchev–Trinajstić information content (AvgIpc) is 2.42. The lowest BCUT2D eigenvalue weighted by Crippen LogP contribution is -1.99. The van der Waals surface area contributed by atoms with E-state index in [9.17, 15) is 8.78 Å². The third kappa shape index (κ3) is 2.24. The van der Waals surface area contributed by atoms with Crippen LogP contribution in [-0.2, 0) is 0 Å². The Kier molecular flexibility index (Phi) is 3.72. The summed E-state index contributed by atoms with van der Waals surface area (Å²) >= 11 is 5.50. The van der Waals surface area contributed by atoms with Gasteiger partial charge in [0.05, 0.1) is 12.8 Å². The quantitative estimate of drug-likeness (QED) is 0.682. The van der Waals surface area contributed by atoms with Crippen molar-refractivity contribution in [1.82, 2.24) is 4.98 Å². The van der Waals surface area contributed by atoms with Gasteiger partial charge in [0, 0.05) is 23.4 Å². The van der Waals surface area contributed by atoms with E-state index in [0.29, 0.717) is 0 Å². The maximum Gasteiger partial charge on any atom is 0.178 e. The van der Waals surface area contributed by atoms with Crippen molar-refractivity contribution in [2.75, 3.05) is 12.8 Å². The van der Waals surface area contributed by atoms with Crippen LogP contribution >= 0.6 is 11.6 Å². The molecule has 4 nitrogen and oxygen atoms in total. The van der Waals surface area contributed by atoms with Crippen molar-refractivity contribution < 1.29 is 13.5 Å². The molecule has 0 spiro atoms. The molecule has 0 radical (unpaired) electrons. The summed E-state index contributed by atoms with van der Waals surface area (Å²) in [6.45, 7) is 0. The van der Waals surface area contributed by atoms with E-state index in [1.165, 1.54) is 13.2 Å². The van der Waals surface area contributed by atoms with Crippen molar-refractivity contribution in [3.05, 3.63) is 40.7 Å². The number of nitrogens with zero attached hydrogens (tertiary/aromatic N) is 2. The number of halogens is 3. The van der Waals surface area contributed by atoms with E-state index in [-0.39, 0.29) is 22.6 Å². The SMILES string of the molecule is COc1cc(-c2cnc(Cl)c(F)c2C#N)c(F)cc1N. The van der Waals surface area contributed by atoms with Gasteiger partial charge in [0.15, 0.2) is 11.0 Å². The lowest BCUT2D eigenvalue weighted by molar-refractivity contribution is 0.416. The van der Waals surface area contributed by atoms with Gasteiger partial charge in [-0.15, -0.1) is 0 Å². The second-order valence-corrected chi connectivity index (χ2v) is 4.20. The Bertz CT molecular complexity index is 729. The van der Waals surface area contributed by atoms with Gasteiger partial charge in [-0.25, -0.2) is 13.8 Å². The van der Waals surface area contributed by atoms with Crippen LogP contribution in [0.1, 0.15) is 5.56 Å². The molecule has 0 amide bonds. The zero-order chi connectivity index (χ0) is 14.9. The zero-order valence-electron chi connectivity index (χ0n) is 10.2. The molecule has 0 atom stereocenters. The number of nitriles is 1. The van der Waals surface area contributed by atoms with E-state index in [2.05, 4.69) is 4.98 Å². The van der Waals surface area contributed by atoms with E-state index < -0.39 is 22.4 Å². The highest BCUT2D eigenvalue weighted by atomic mass is 35.5. The summed E-state index contributed by atoms with van der Waals surface area (Å²) < 4.78 is 32.7. The van der Waals surface area contributed by atoms with E-state index in [0.717, 1.165) is 12.3 Å². The highest BCUT2D eigenvalue weighted by molar-refractivity contribution is 6.29. The Morgan fingerprint density at radius 3 is 2.65 bits per heavy atom. The number of rotatable bonds is 2. The fourth-order valence-corrected chi connectivity index (χ4v) is 1.87. The standard InChI is InChI=1S/C13H8ClF2N3O/c1-20-11-2-6(9(15)3-10(11)18)8-5-19-13(14)12(16)7(8)4-17/h2-3,5H,18H2,1H3. The normalized spacial score (nSPS) is 10.2. The zero-order valence-corrected chi connectivity index (χ0v) is 11.0. The summed E-state index contributed by atoms with van der Waals surface area (Å²) in [4.78, 5) is 3.58. The van der Waals surface area contributed by atoms with Gasteiger partial charge in [0.2, 0.25) is 0 Å². The van der Waals surface area contributed by atoms with Crippen LogP contribution < -0.4 is 10.5 Å².